The molecule has 1 saturated heterocycles. The van der Waals surface area contributed by atoms with Crippen LogP contribution in [0.25, 0.3) is 0 Å². The van der Waals surface area contributed by atoms with Gasteiger partial charge in [-0.05, 0) is 30.7 Å². The van der Waals surface area contributed by atoms with Crippen LogP contribution in [0.3, 0.4) is 0 Å². The van der Waals surface area contributed by atoms with Crippen LogP contribution < -0.4 is 15.8 Å². The van der Waals surface area contributed by atoms with Gasteiger partial charge in [-0.15, -0.1) is 0 Å². The smallest absolute Gasteiger partial charge is 0.336 e. The average molecular weight is 650 g/mol. The van der Waals surface area contributed by atoms with Gasteiger partial charge in [0.1, 0.15) is 11.6 Å². The summed E-state index contributed by atoms with van der Waals surface area (Å²) in [6, 6.07) is 9.55. The molecule has 0 aliphatic carbocycles. The zero-order valence-corrected chi connectivity index (χ0v) is 24.5. The van der Waals surface area contributed by atoms with E-state index in [9.17, 15) is 23.6 Å². The second-order valence-electron chi connectivity index (χ2n) is 9.35. The number of nitrogens with zero attached hydrogens (tertiary/aromatic N) is 1. The number of nitrogen functional groups attached to an aromatic ring is 1. The van der Waals surface area contributed by atoms with Gasteiger partial charge in [-0.1, -0.05) is 23.7 Å². The number of amides is 1. The van der Waals surface area contributed by atoms with E-state index < -0.39 is 36.4 Å². The molecule has 11 N–H and O–H groups in total. The minimum absolute atomic E-state index is 0. The molecular formula is C27H37ClFN3O12. The van der Waals surface area contributed by atoms with Crippen molar-refractivity contribution in [2.24, 2.45) is 0 Å². The molecule has 17 heteroatoms. The third kappa shape index (κ3) is 12.7. The minimum atomic E-state index is -2.74. The van der Waals surface area contributed by atoms with Crippen LogP contribution in [0.2, 0.25) is 5.02 Å². The summed E-state index contributed by atoms with van der Waals surface area (Å²) in [6.45, 7) is 5.31. The Morgan fingerprint density at radius 3 is 2.23 bits per heavy atom. The first-order valence-electron chi connectivity index (χ1n) is 12.7. The molecule has 1 atom stereocenters. The van der Waals surface area contributed by atoms with Gasteiger partial charge in [0.05, 0.1) is 48.4 Å². The lowest BCUT2D eigenvalue weighted by molar-refractivity contribution is -0.170. The Kier molecular flexibility index (Phi) is 16.9. The number of carboxylic acid groups (broad SMARTS) is 3. The maximum absolute atomic E-state index is 13.1. The van der Waals surface area contributed by atoms with Crippen LogP contribution >= 0.6 is 11.6 Å². The average Bonchev–Trinajstić information content (AvgIpc) is 2.90. The topological polar surface area (TPSA) is 272 Å². The largest absolute Gasteiger partial charge is 0.493 e. The minimum Gasteiger partial charge on any atom is -0.493 e. The zero-order chi connectivity index (χ0) is 31.4. The van der Waals surface area contributed by atoms with Gasteiger partial charge >= 0.3 is 17.9 Å². The lowest BCUT2D eigenvalue weighted by atomic mass is 9.96. The summed E-state index contributed by atoms with van der Waals surface area (Å²) < 4.78 is 24.4. The van der Waals surface area contributed by atoms with Gasteiger partial charge in [0.15, 0.2) is 5.60 Å². The second kappa shape index (κ2) is 18.6. The first kappa shape index (κ1) is 39.9. The molecular weight excluding hydrogens is 613 g/mol. The highest BCUT2D eigenvalue weighted by atomic mass is 35.5. The van der Waals surface area contributed by atoms with E-state index in [1.165, 1.54) is 18.2 Å². The number of hydrogen-bond acceptors (Lipinski definition) is 9. The standard InChI is InChI=1S/C21H25ClFN3O3.C6H8O7.2H2O/c1-2-28-20-10-19(24)18(22)9-17(20)21(27)25-11-16-13-26(7-8-29-16)12-14-3-5-15(23)6-4-14;7-3(8)1-6(13,5(11)12)2-4(9)10;;/h3-6,9-10,16H,2,7-8,11-13,24H2,1H3,(H,25,27);13H,1-2H2,(H,7,8)(H,9,10)(H,11,12);2*1H2/t16-;;;/m1.../s1. The number of halogens is 2. The van der Waals surface area contributed by atoms with Gasteiger partial charge in [0.2, 0.25) is 0 Å². The summed E-state index contributed by atoms with van der Waals surface area (Å²) in [5.74, 6) is -5.16. The maximum Gasteiger partial charge on any atom is 0.336 e. The fraction of sp³-hybridized carbons (Fsp3) is 0.407. The third-order valence-corrected chi connectivity index (χ3v) is 6.29. The number of benzene rings is 2. The summed E-state index contributed by atoms with van der Waals surface area (Å²) in [5.41, 5.74) is 4.80. The molecule has 0 radical (unpaired) electrons. The highest BCUT2D eigenvalue weighted by molar-refractivity contribution is 6.33. The number of carbonyl (C=O) groups excluding carboxylic acids is 1. The van der Waals surface area contributed by atoms with Gasteiger partial charge in [0.25, 0.3) is 5.91 Å². The van der Waals surface area contributed by atoms with Crippen molar-refractivity contribution in [3.63, 3.8) is 0 Å². The number of hydrogen-bond donors (Lipinski definition) is 6. The molecule has 0 spiro atoms. The van der Waals surface area contributed by atoms with Crippen molar-refractivity contribution < 1.29 is 64.4 Å². The molecule has 0 unspecified atom stereocenters. The number of aliphatic hydroxyl groups is 1. The number of morpholine rings is 1. The zero-order valence-electron chi connectivity index (χ0n) is 23.7. The molecule has 1 fully saturated rings. The SMILES string of the molecule is CCOc1cc(N)c(Cl)cc1C(=O)NC[C@@H]1CN(Cc2ccc(F)cc2)CCO1.O.O.O=C(O)CC(O)(CC(=O)O)C(=O)O. The number of carboxylic acids is 3. The monoisotopic (exact) mass is 649 g/mol. The third-order valence-electron chi connectivity index (χ3n) is 5.96. The van der Waals surface area contributed by atoms with Crippen LogP contribution in [0, 0.1) is 5.82 Å². The molecule has 3 rings (SSSR count). The Bertz CT molecular complexity index is 1250. The first-order valence-corrected chi connectivity index (χ1v) is 13.1. The van der Waals surface area contributed by atoms with Crippen LogP contribution in [0.15, 0.2) is 36.4 Å². The normalized spacial score (nSPS) is 14.5. The lowest BCUT2D eigenvalue weighted by Gasteiger charge is -2.33. The number of carbonyl (C=O) groups is 4. The van der Waals surface area contributed by atoms with Gasteiger partial charge in [-0.25, -0.2) is 9.18 Å². The van der Waals surface area contributed by atoms with E-state index in [4.69, 9.17) is 47.2 Å². The van der Waals surface area contributed by atoms with Crippen molar-refractivity contribution in [1.82, 2.24) is 10.2 Å². The van der Waals surface area contributed by atoms with Crippen molar-refractivity contribution in [1.29, 1.82) is 0 Å². The maximum atomic E-state index is 13.1. The number of rotatable bonds is 12. The van der Waals surface area contributed by atoms with Crippen LogP contribution in [0.1, 0.15) is 35.7 Å². The molecule has 2 aromatic rings. The molecule has 1 heterocycles. The molecule has 44 heavy (non-hydrogen) atoms. The summed E-state index contributed by atoms with van der Waals surface area (Å²) >= 11 is 6.07. The Balaban J connectivity index is 0.00000106. The van der Waals surface area contributed by atoms with Crippen LogP contribution in [-0.4, -0.2) is 105 Å². The molecule has 246 valence electrons. The Morgan fingerprint density at radius 2 is 1.70 bits per heavy atom. The fourth-order valence-electron chi connectivity index (χ4n) is 3.93. The number of anilines is 1. The second-order valence-corrected chi connectivity index (χ2v) is 9.75. The quantitative estimate of drug-likeness (QED) is 0.168. The van der Waals surface area contributed by atoms with Gasteiger partial charge in [0, 0.05) is 32.2 Å². The van der Waals surface area contributed by atoms with Crippen molar-refractivity contribution >= 4 is 41.1 Å². The molecule has 2 aromatic carbocycles. The predicted octanol–water partition coefficient (Wildman–Crippen LogP) is 0.193. The molecule has 1 amide bonds. The molecule has 0 bridgehead atoms. The Hall–Kier alpha value is -4.06. The molecule has 0 saturated carbocycles. The van der Waals surface area contributed by atoms with E-state index in [0.717, 1.165) is 12.1 Å². The van der Waals surface area contributed by atoms with Gasteiger partial charge in [-0.3, -0.25) is 19.3 Å². The number of aliphatic carboxylic acids is 3. The van der Waals surface area contributed by atoms with E-state index in [1.54, 1.807) is 18.2 Å². The van der Waals surface area contributed by atoms with Crippen molar-refractivity contribution in [3.8, 4) is 5.75 Å². The van der Waals surface area contributed by atoms with Gasteiger partial charge in [-0.2, -0.15) is 0 Å². The van der Waals surface area contributed by atoms with Crippen molar-refractivity contribution in [3.05, 3.63) is 58.4 Å². The van der Waals surface area contributed by atoms with E-state index in [2.05, 4.69) is 10.2 Å². The van der Waals surface area contributed by atoms with Crippen molar-refractivity contribution in [2.45, 2.75) is 38.0 Å². The first-order chi connectivity index (χ1) is 19.7. The van der Waals surface area contributed by atoms with Crippen LogP contribution in [0.4, 0.5) is 10.1 Å². The number of nitrogens with one attached hydrogen (secondary N) is 1. The highest BCUT2D eigenvalue weighted by Gasteiger charge is 2.40. The van der Waals surface area contributed by atoms with E-state index in [0.29, 0.717) is 54.9 Å². The van der Waals surface area contributed by atoms with E-state index in [-0.39, 0.29) is 28.8 Å². The fourth-order valence-corrected chi connectivity index (χ4v) is 4.10. The summed E-state index contributed by atoms with van der Waals surface area (Å²) in [7, 11) is 0. The van der Waals surface area contributed by atoms with Gasteiger partial charge < -0.3 is 51.9 Å². The summed E-state index contributed by atoms with van der Waals surface area (Å²) in [5, 5.41) is 37.0. The lowest BCUT2D eigenvalue weighted by Crippen LogP contribution is -2.47. The molecule has 1 aliphatic rings. The van der Waals surface area contributed by atoms with E-state index >= 15 is 0 Å². The Labute approximate surface area is 256 Å². The molecule has 0 aromatic heterocycles. The summed E-state index contributed by atoms with van der Waals surface area (Å²) in [4.78, 5) is 45.4. The van der Waals surface area contributed by atoms with Crippen LogP contribution in [-0.2, 0) is 25.7 Å². The Morgan fingerprint density at radius 1 is 1.11 bits per heavy atom. The molecule has 1 aliphatic heterocycles. The van der Waals surface area contributed by atoms with E-state index in [1.807, 2.05) is 6.92 Å². The summed E-state index contributed by atoms with van der Waals surface area (Å²) in [6.07, 6.45) is -2.43. The number of ether oxygens (including phenoxy) is 2. The van der Waals surface area contributed by atoms with Crippen LogP contribution in [0.5, 0.6) is 5.75 Å². The van der Waals surface area contributed by atoms with Crippen molar-refractivity contribution in [2.75, 3.05) is 38.6 Å². The highest BCUT2D eigenvalue weighted by Crippen LogP contribution is 2.29. The predicted molar refractivity (Wildman–Crippen MR) is 155 cm³/mol. The number of nitrogens with two attached hydrogens (primary N) is 1. The molecule has 15 nitrogen and oxygen atoms in total.